The number of hydrogen-bond donors (Lipinski definition) is 2. The van der Waals surface area contributed by atoms with Gasteiger partial charge in [-0.05, 0) is 26.4 Å². The Hall–Kier alpha value is -1.54. The molecule has 0 bridgehead atoms. The minimum Gasteiger partial charge on any atom is -0.369 e. The van der Waals surface area contributed by atoms with E-state index in [9.17, 15) is 0 Å². The van der Waals surface area contributed by atoms with E-state index in [0.717, 1.165) is 37.6 Å². The van der Waals surface area contributed by atoms with E-state index in [1.807, 2.05) is 14.0 Å². The number of anilines is 1. The predicted octanol–water partition coefficient (Wildman–Crippen LogP) is 1.01. The molecule has 1 heterocycles. The Labute approximate surface area is 96.5 Å². The minimum absolute atomic E-state index is 0.644. The summed E-state index contributed by atoms with van der Waals surface area (Å²) in [7, 11) is 1.85. The molecule has 16 heavy (non-hydrogen) atoms. The topological polar surface area (TPSA) is 65.7 Å². The number of hydrogen-bond acceptors (Lipinski definition) is 4. The summed E-state index contributed by atoms with van der Waals surface area (Å²) in [5, 5.41) is 19.7. The molecular weight excluding hydrogens is 202 g/mol. The highest BCUT2D eigenvalue weighted by Gasteiger charge is 2.11. The number of aromatic nitrogens is 2. The lowest BCUT2D eigenvalue weighted by molar-refractivity contribution is 0.683. The van der Waals surface area contributed by atoms with Crippen LogP contribution in [0.2, 0.25) is 0 Å². The molecule has 0 aliphatic rings. The summed E-state index contributed by atoms with van der Waals surface area (Å²) < 4.78 is 1.72. The molecule has 0 unspecified atom stereocenters. The van der Waals surface area contributed by atoms with Crippen LogP contribution in [0.3, 0.4) is 0 Å². The molecule has 0 fully saturated rings. The van der Waals surface area contributed by atoms with E-state index in [1.54, 1.807) is 4.68 Å². The summed E-state index contributed by atoms with van der Waals surface area (Å²) in [5.41, 5.74) is 1.42. The van der Waals surface area contributed by atoms with Crippen LogP contribution in [0.15, 0.2) is 0 Å². The molecule has 0 amide bonds. The van der Waals surface area contributed by atoms with E-state index in [4.69, 9.17) is 5.26 Å². The Morgan fingerprint density at radius 2 is 2.19 bits per heavy atom. The fourth-order valence-electron chi connectivity index (χ4n) is 1.59. The third-order valence-corrected chi connectivity index (χ3v) is 2.41. The zero-order valence-corrected chi connectivity index (χ0v) is 10.2. The molecule has 0 aliphatic heterocycles. The van der Waals surface area contributed by atoms with Crippen LogP contribution in [0.25, 0.3) is 0 Å². The number of nitriles is 1. The fraction of sp³-hybridized carbons (Fsp3) is 0.636. The molecule has 0 saturated carbocycles. The van der Waals surface area contributed by atoms with Gasteiger partial charge in [0.1, 0.15) is 17.5 Å². The molecule has 0 atom stereocenters. The van der Waals surface area contributed by atoms with Crippen LogP contribution >= 0.6 is 0 Å². The van der Waals surface area contributed by atoms with Crippen molar-refractivity contribution in [3.05, 3.63) is 11.3 Å². The third kappa shape index (κ3) is 2.97. The molecule has 2 N–H and O–H groups in total. The Balaban J connectivity index is 2.51. The van der Waals surface area contributed by atoms with Gasteiger partial charge in [0.15, 0.2) is 0 Å². The van der Waals surface area contributed by atoms with Crippen molar-refractivity contribution in [2.45, 2.75) is 20.3 Å². The van der Waals surface area contributed by atoms with Gasteiger partial charge in [0.05, 0.1) is 5.69 Å². The first-order chi connectivity index (χ1) is 7.70. The first kappa shape index (κ1) is 12.5. The molecule has 88 valence electrons. The van der Waals surface area contributed by atoms with Crippen LogP contribution < -0.4 is 10.6 Å². The van der Waals surface area contributed by atoms with Gasteiger partial charge < -0.3 is 10.6 Å². The second-order valence-electron chi connectivity index (χ2n) is 3.68. The SMILES string of the molecule is CCNCCCNc1c(C#N)c(C)nn1C. The number of rotatable bonds is 6. The van der Waals surface area contributed by atoms with Crippen molar-refractivity contribution >= 4 is 5.82 Å². The molecular formula is C11H19N5. The van der Waals surface area contributed by atoms with Gasteiger partial charge in [0, 0.05) is 13.6 Å². The van der Waals surface area contributed by atoms with Crippen LogP contribution in [0, 0.1) is 18.3 Å². The molecule has 1 rings (SSSR count). The Morgan fingerprint density at radius 3 is 2.81 bits per heavy atom. The third-order valence-electron chi connectivity index (χ3n) is 2.41. The van der Waals surface area contributed by atoms with Crippen LogP contribution in [0.5, 0.6) is 0 Å². The summed E-state index contributed by atoms with van der Waals surface area (Å²) >= 11 is 0. The second-order valence-corrected chi connectivity index (χ2v) is 3.68. The standard InChI is InChI=1S/C11H19N5/c1-4-13-6-5-7-14-11-10(8-12)9(2)15-16(11)3/h13-14H,4-7H2,1-3H3. The fourth-order valence-corrected chi connectivity index (χ4v) is 1.59. The highest BCUT2D eigenvalue weighted by atomic mass is 15.3. The van der Waals surface area contributed by atoms with Gasteiger partial charge in [0.25, 0.3) is 0 Å². The van der Waals surface area contributed by atoms with E-state index in [-0.39, 0.29) is 0 Å². The smallest absolute Gasteiger partial charge is 0.142 e. The average molecular weight is 221 g/mol. The maximum Gasteiger partial charge on any atom is 0.142 e. The maximum atomic E-state index is 9.00. The molecule has 1 aromatic rings. The van der Waals surface area contributed by atoms with E-state index in [1.165, 1.54) is 0 Å². The summed E-state index contributed by atoms with van der Waals surface area (Å²) in [4.78, 5) is 0. The zero-order chi connectivity index (χ0) is 12.0. The lowest BCUT2D eigenvalue weighted by Gasteiger charge is -2.07. The van der Waals surface area contributed by atoms with Crippen molar-refractivity contribution in [1.82, 2.24) is 15.1 Å². The number of nitrogens with zero attached hydrogens (tertiary/aromatic N) is 3. The summed E-state index contributed by atoms with van der Waals surface area (Å²) in [6, 6.07) is 2.18. The van der Waals surface area contributed by atoms with Gasteiger partial charge in [-0.1, -0.05) is 6.92 Å². The quantitative estimate of drug-likeness (QED) is 0.704. The molecule has 0 spiro atoms. The summed E-state index contributed by atoms with van der Waals surface area (Å²) in [5.74, 6) is 0.816. The maximum absolute atomic E-state index is 9.00. The number of nitrogens with one attached hydrogen (secondary N) is 2. The van der Waals surface area contributed by atoms with Gasteiger partial charge in [0.2, 0.25) is 0 Å². The van der Waals surface area contributed by atoms with Gasteiger partial charge in [-0.15, -0.1) is 0 Å². The summed E-state index contributed by atoms with van der Waals surface area (Å²) in [6.07, 6.45) is 1.03. The lowest BCUT2D eigenvalue weighted by atomic mass is 10.2. The molecule has 0 aromatic carbocycles. The molecule has 5 heteroatoms. The van der Waals surface area contributed by atoms with Crippen LogP contribution in [0.1, 0.15) is 24.6 Å². The average Bonchev–Trinajstić information content (AvgIpc) is 2.53. The minimum atomic E-state index is 0.644. The molecule has 0 aliphatic carbocycles. The van der Waals surface area contributed by atoms with E-state index < -0.39 is 0 Å². The molecule has 0 saturated heterocycles. The Kier molecular flexibility index (Phi) is 4.80. The van der Waals surface area contributed by atoms with E-state index >= 15 is 0 Å². The zero-order valence-electron chi connectivity index (χ0n) is 10.2. The largest absolute Gasteiger partial charge is 0.369 e. The first-order valence-electron chi connectivity index (χ1n) is 5.59. The lowest BCUT2D eigenvalue weighted by Crippen LogP contribution is -2.18. The Bertz CT molecular complexity index is 374. The van der Waals surface area contributed by atoms with Crippen LogP contribution in [-0.2, 0) is 7.05 Å². The monoisotopic (exact) mass is 221 g/mol. The van der Waals surface area contributed by atoms with Gasteiger partial charge in [-0.25, -0.2) is 0 Å². The molecule has 0 radical (unpaired) electrons. The van der Waals surface area contributed by atoms with Crippen molar-refractivity contribution in [2.75, 3.05) is 25.0 Å². The first-order valence-corrected chi connectivity index (χ1v) is 5.59. The normalized spacial score (nSPS) is 10.1. The highest BCUT2D eigenvalue weighted by Crippen LogP contribution is 2.16. The highest BCUT2D eigenvalue weighted by molar-refractivity contribution is 5.54. The molecule has 1 aromatic heterocycles. The molecule has 5 nitrogen and oxygen atoms in total. The number of aryl methyl sites for hydroxylation is 2. The predicted molar refractivity (Wildman–Crippen MR) is 64.3 cm³/mol. The van der Waals surface area contributed by atoms with Crippen molar-refractivity contribution < 1.29 is 0 Å². The van der Waals surface area contributed by atoms with E-state index in [0.29, 0.717) is 5.56 Å². The van der Waals surface area contributed by atoms with Crippen LogP contribution in [0.4, 0.5) is 5.82 Å². The van der Waals surface area contributed by atoms with Crippen LogP contribution in [-0.4, -0.2) is 29.4 Å². The van der Waals surface area contributed by atoms with Gasteiger partial charge in [-0.2, -0.15) is 10.4 Å². The second kappa shape index (κ2) is 6.13. The summed E-state index contributed by atoms with van der Waals surface area (Å²) in [6.45, 7) is 6.77. The van der Waals surface area contributed by atoms with Crippen molar-refractivity contribution in [3.63, 3.8) is 0 Å². The van der Waals surface area contributed by atoms with Crippen molar-refractivity contribution in [1.29, 1.82) is 5.26 Å². The van der Waals surface area contributed by atoms with Crippen molar-refractivity contribution in [3.8, 4) is 6.07 Å². The van der Waals surface area contributed by atoms with E-state index in [2.05, 4.69) is 28.7 Å². The van der Waals surface area contributed by atoms with Crippen molar-refractivity contribution in [2.24, 2.45) is 7.05 Å². The Morgan fingerprint density at radius 1 is 1.44 bits per heavy atom. The van der Waals surface area contributed by atoms with Gasteiger partial charge >= 0.3 is 0 Å². The van der Waals surface area contributed by atoms with Gasteiger partial charge in [-0.3, -0.25) is 4.68 Å².